The summed E-state index contributed by atoms with van der Waals surface area (Å²) in [5.74, 6) is -0.165. The number of benzene rings is 1. The second-order valence-electron chi connectivity index (χ2n) is 4.50. The lowest BCUT2D eigenvalue weighted by Gasteiger charge is -2.21. The van der Waals surface area contributed by atoms with E-state index in [1.165, 1.54) is 12.7 Å². The zero-order chi connectivity index (χ0) is 12.2. The molecule has 0 atom stereocenters. The van der Waals surface area contributed by atoms with Crippen LogP contribution in [0.3, 0.4) is 0 Å². The Morgan fingerprint density at radius 3 is 2.38 bits per heavy atom. The number of ether oxygens (including phenoxy) is 1. The third-order valence-corrected chi connectivity index (χ3v) is 2.94. The molecular weight excluding hydrogens is 224 g/mol. The first-order valence-electron chi connectivity index (χ1n) is 5.28. The molecule has 3 heteroatoms. The minimum absolute atomic E-state index is 0.165. The average Bonchev–Trinajstić information content (AvgIpc) is 2.27. The van der Waals surface area contributed by atoms with Crippen LogP contribution in [0.1, 0.15) is 25.8 Å². The maximum absolute atomic E-state index is 11.5. The largest absolute Gasteiger partial charge is 0.469 e. The lowest BCUT2D eigenvalue weighted by Crippen LogP contribution is -2.26. The van der Waals surface area contributed by atoms with E-state index < -0.39 is 5.41 Å². The Bertz CT molecular complexity index is 355. The van der Waals surface area contributed by atoms with Gasteiger partial charge in [-0.3, -0.25) is 4.79 Å². The molecule has 88 valence electrons. The van der Waals surface area contributed by atoms with E-state index in [0.29, 0.717) is 0 Å². The smallest absolute Gasteiger partial charge is 0.311 e. The molecule has 0 saturated carbocycles. The molecule has 0 aliphatic heterocycles. The maximum Gasteiger partial charge on any atom is 0.311 e. The van der Waals surface area contributed by atoms with Gasteiger partial charge in [0.25, 0.3) is 0 Å². The molecule has 1 rings (SSSR count). The zero-order valence-corrected chi connectivity index (χ0v) is 10.7. The van der Waals surface area contributed by atoms with Gasteiger partial charge in [-0.25, -0.2) is 0 Å². The van der Waals surface area contributed by atoms with Gasteiger partial charge in [-0.1, -0.05) is 23.7 Å². The molecule has 2 nitrogen and oxygen atoms in total. The summed E-state index contributed by atoms with van der Waals surface area (Å²) in [7, 11) is 1.42. The van der Waals surface area contributed by atoms with Crippen molar-refractivity contribution in [2.24, 2.45) is 5.41 Å². The molecule has 0 saturated heterocycles. The summed E-state index contributed by atoms with van der Waals surface area (Å²) in [6.07, 6.45) is 1.61. The first-order chi connectivity index (χ1) is 7.45. The number of hydrogen-bond acceptors (Lipinski definition) is 2. The summed E-state index contributed by atoms with van der Waals surface area (Å²) >= 11 is 5.80. The van der Waals surface area contributed by atoms with Gasteiger partial charge in [-0.15, -0.1) is 0 Å². The van der Waals surface area contributed by atoms with Crippen molar-refractivity contribution in [2.75, 3.05) is 7.11 Å². The highest BCUT2D eigenvalue weighted by atomic mass is 35.5. The highest BCUT2D eigenvalue weighted by molar-refractivity contribution is 6.30. The molecule has 0 aliphatic carbocycles. The number of rotatable bonds is 4. The number of halogens is 1. The molecule has 0 heterocycles. The van der Waals surface area contributed by atoms with Crippen molar-refractivity contribution in [2.45, 2.75) is 26.7 Å². The van der Waals surface area contributed by atoms with Gasteiger partial charge < -0.3 is 4.74 Å². The van der Waals surface area contributed by atoms with Crippen molar-refractivity contribution in [3.05, 3.63) is 34.9 Å². The van der Waals surface area contributed by atoms with Gasteiger partial charge in [0.2, 0.25) is 0 Å². The predicted octanol–water partition coefficient (Wildman–Crippen LogP) is 3.47. The van der Waals surface area contributed by atoms with Crippen LogP contribution in [0.15, 0.2) is 24.3 Å². The van der Waals surface area contributed by atoms with E-state index in [1.54, 1.807) is 0 Å². The molecule has 0 bridgehead atoms. The number of aryl methyl sites for hydroxylation is 1. The zero-order valence-electron chi connectivity index (χ0n) is 9.92. The summed E-state index contributed by atoms with van der Waals surface area (Å²) in [4.78, 5) is 11.5. The molecule has 1 aromatic carbocycles. The number of methoxy groups -OCH3 is 1. The average molecular weight is 241 g/mol. The van der Waals surface area contributed by atoms with Gasteiger partial charge in [-0.05, 0) is 44.4 Å². The quantitative estimate of drug-likeness (QED) is 0.754. The molecule has 1 aromatic rings. The van der Waals surface area contributed by atoms with Gasteiger partial charge >= 0.3 is 5.97 Å². The van der Waals surface area contributed by atoms with E-state index in [0.717, 1.165) is 17.9 Å². The Balaban J connectivity index is 2.57. The summed E-state index contributed by atoms with van der Waals surface area (Å²) in [6.45, 7) is 3.80. The van der Waals surface area contributed by atoms with Crippen LogP contribution in [-0.2, 0) is 16.0 Å². The van der Waals surface area contributed by atoms with Gasteiger partial charge in [-0.2, -0.15) is 0 Å². The minimum atomic E-state index is -0.436. The molecule has 0 radical (unpaired) electrons. The molecule has 0 amide bonds. The molecule has 0 aromatic heterocycles. The third-order valence-electron chi connectivity index (χ3n) is 2.69. The van der Waals surface area contributed by atoms with E-state index in [4.69, 9.17) is 16.3 Å². The Morgan fingerprint density at radius 2 is 1.88 bits per heavy atom. The third kappa shape index (κ3) is 3.53. The van der Waals surface area contributed by atoms with E-state index in [-0.39, 0.29) is 5.97 Å². The Kier molecular flexibility index (Phi) is 4.36. The number of hydrogen-bond donors (Lipinski definition) is 0. The second-order valence-corrected chi connectivity index (χ2v) is 4.94. The van der Waals surface area contributed by atoms with Crippen LogP contribution < -0.4 is 0 Å². The van der Waals surface area contributed by atoms with Crippen molar-refractivity contribution >= 4 is 17.6 Å². The molecule has 16 heavy (non-hydrogen) atoms. The fourth-order valence-corrected chi connectivity index (χ4v) is 1.61. The fourth-order valence-electron chi connectivity index (χ4n) is 1.49. The van der Waals surface area contributed by atoms with Crippen LogP contribution in [0.4, 0.5) is 0 Å². The second kappa shape index (κ2) is 5.35. The van der Waals surface area contributed by atoms with Gasteiger partial charge in [0, 0.05) is 5.02 Å². The molecule has 0 unspecified atom stereocenters. The van der Waals surface area contributed by atoms with E-state index in [2.05, 4.69) is 0 Å². The summed E-state index contributed by atoms with van der Waals surface area (Å²) in [5, 5.41) is 0.732. The topological polar surface area (TPSA) is 26.3 Å². The van der Waals surface area contributed by atoms with Crippen molar-refractivity contribution < 1.29 is 9.53 Å². The van der Waals surface area contributed by atoms with Crippen molar-refractivity contribution in [1.29, 1.82) is 0 Å². The van der Waals surface area contributed by atoms with Gasteiger partial charge in [0.15, 0.2) is 0 Å². The fraction of sp³-hybridized carbons (Fsp3) is 0.462. The van der Waals surface area contributed by atoms with Crippen LogP contribution in [0.25, 0.3) is 0 Å². The lowest BCUT2D eigenvalue weighted by molar-refractivity contribution is -0.151. The Labute approximate surface area is 102 Å². The number of esters is 1. The standard InChI is InChI=1S/C13H17ClO2/c1-13(2,12(15)16-3)9-8-10-4-6-11(14)7-5-10/h4-7H,8-9H2,1-3H3. The van der Waals surface area contributed by atoms with Crippen LogP contribution >= 0.6 is 11.6 Å². The van der Waals surface area contributed by atoms with Crippen LogP contribution in [0, 0.1) is 5.41 Å². The van der Waals surface area contributed by atoms with E-state index in [1.807, 2.05) is 38.1 Å². The number of carbonyl (C=O) groups excluding carboxylic acids is 1. The monoisotopic (exact) mass is 240 g/mol. The van der Waals surface area contributed by atoms with Crippen LogP contribution in [0.5, 0.6) is 0 Å². The molecule has 0 aliphatic rings. The van der Waals surface area contributed by atoms with Gasteiger partial charge in [0.1, 0.15) is 0 Å². The first kappa shape index (κ1) is 13.0. The minimum Gasteiger partial charge on any atom is -0.469 e. The van der Waals surface area contributed by atoms with Crippen LogP contribution in [-0.4, -0.2) is 13.1 Å². The van der Waals surface area contributed by atoms with E-state index in [9.17, 15) is 4.79 Å². The Morgan fingerprint density at radius 1 is 1.31 bits per heavy atom. The SMILES string of the molecule is COC(=O)C(C)(C)CCc1ccc(Cl)cc1. The normalized spacial score (nSPS) is 11.2. The number of carbonyl (C=O) groups is 1. The maximum atomic E-state index is 11.5. The Hall–Kier alpha value is -1.02. The first-order valence-corrected chi connectivity index (χ1v) is 5.66. The highest BCUT2D eigenvalue weighted by Gasteiger charge is 2.27. The summed E-state index contributed by atoms with van der Waals surface area (Å²) in [5.41, 5.74) is 0.746. The summed E-state index contributed by atoms with van der Waals surface area (Å²) < 4.78 is 4.76. The van der Waals surface area contributed by atoms with Crippen LogP contribution in [0.2, 0.25) is 5.02 Å². The summed E-state index contributed by atoms with van der Waals surface area (Å²) in [6, 6.07) is 7.69. The lowest BCUT2D eigenvalue weighted by atomic mass is 9.86. The molecular formula is C13H17ClO2. The predicted molar refractivity (Wildman–Crippen MR) is 65.6 cm³/mol. The van der Waals surface area contributed by atoms with Crippen molar-refractivity contribution in [3.8, 4) is 0 Å². The molecule has 0 spiro atoms. The van der Waals surface area contributed by atoms with Gasteiger partial charge in [0.05, 0.1) is 12.5 Å². The molecule has 0 fully saturated rings. The highest BCUT2D eigenvalue weighted by Crippen LogP contribution is 2.24. The molecule has 0 N–H and O–H groups in total. The van der Waals surface area contributed by atoms with Crippen molar-refractivity contribution in [3.63, 3.8) is 0 Å². The van der Waals surface area contributed by atoms with E-state index >= 15 is 0 Å². The van der Waals surface area contributed by atoms with Crippen molar-refractivity contribution in [1.82, 2.24) is 0 Å².